The van der Waals surface area contributed by atoms with Crippen LogP contribution in [0.5, 0.6) is 0 Å². The van der Waals surface area contributed by atoms with Crippen LogP contribution in [0.2, 0.25) is 0 Å². The van der Waals surface area contributed by atoms with Crippen molar-refractivity contribution in [2.24, 2.45) is 15.8 Å². The van der Waals surface area contributed by atoms with E-state index < -0.39 is 0 Å². The van der Waals surface area contributed by atoms with Gasteiger partial charge in [-0.1, -0.05) is 41.5 Å². The summed E-state index contributed by atoms with van der Waals surface area (Å²) in [5, 5.41) is 0. The summed E-state index contributed by atoms with van der Waals surface area (Å²) in [7, 11) is 0. The van der Waals surface area contributed by atoms with Crippen molar-refractivity contribution in [3.63, 3.8) is 0 Å². The highest BCUT2D eigenvalue weighted by Crippen LogP contribution is 2.41. The number of aliphatic imine (C=N–C) groups is 1. The molecule has 1 aromatic rings. The molecule has 2 aliphatic heterocycles. The summed E-state index contributed by atoms with van der Waals surface area (Å²) < 4.78 is 12.7. The summed E-state index contributed by atoms with van der Waals surface area (Å²) in [6.45, 7) is 26.2. The third-order valence-electron chi connectivity index (χ3n) is 5.81. The lowest BCUT2D eigenvalue weighted by atomic mass is 9.86. The van der Waals surface area contributed by atoms with Crippen LogP contribution in [0.15, 0.2) is 62.6 Å². The number of allylic oxidation sites excluding steroid dienone is 7. The van der Waals surface area contributed by atoms with E-state index in [9.17, 15) is 0 Å². The van der Waals surface area contributed by atoms with Gasteiger partial charge in [-0.05, 0) is 59.8 Å². The first-order chi connectivity index (χ1) is 14.9. The van der Waals surface area contributed by atoms with Crippen LogP contribution in [0.1, 0.15) is 100 Å². The van der Waals surface area contributed by atoms with E-state index in [1.165, 1.54) is 0 Å². The smallest absolute Gasteiger partial charge is 0.335 e. The second-order valence-electron chi connectivity index (χ2n) is 13.4. The van der Waals surface area contributed by atoms with Crippen molar-refractivity contribution < 1.29 is 9.15 Å². The van der Waals surface area contributed by atoms with Crippen molar-refractivity contribution in [2.45, 2.75) is 93.9 Å². The molecule has 0 unspecified atom stereocenters. The molecular formula is C30H42NO2+. The maximum atomic E-state index is 6.33. The molecule has 0 spiro atoms. The molecule has 178 valence electrons. The topological polar surface area (TPSA) is 32.9 Å². The van der Waals surface area contributed by atoms with Gasteiger partial charge in [0.05, 0.1) is 16.5 Å². The van der Waals surface area contributed by atoms with Gasteiger partial charge in [-0.2, -0.15) is 0 Å². The van der Waals surface area contributed by atoms with Gasteiger partial charge in [-0.25, -0.2) is 4.42 Å². The highest BCUT2D eigenvalue weighted by molar-refractivity contribution is 6.13. The minimum Gasteiger partial charge on any atom is -0.465 e. The molecular weight excluding hydrogens is 406 g/mol. The summed E-state index contributed by atoms with van der Waals surface area (Å²) in [6, 6.07) is 4.33. The first-order valence-corrected chi connectivity index (χ1v) is 12.0. The van der Waals surface area contributed by atoms with Crippen LogP contribution < -0.4 is 0 Å². The highest BCUT2D eigenvalue weighted by Gasteiger charge is 2.35. The van der Waals surface area contributed by atoms with Crippen LogP contribution in [0.4, 0.5) is 0 Å². The van der Waals surface area contributed by atoms with Crippen LogP contribution in [0.25, 0.3) is 5.57 Å². The largest absolute Gasteiger partial charge is 0.465 e. The average molecular weight is 449 g/mol. The first kappa shape index (κ1) is 25.2. The molecule has 3 nitrogen and oxygen atoms in total. The van der Waals surface area contributed by atoms with Gasteiger partial charge in [-0.15, -0.1) is 0 Å². The molecule has 0 aliphatic carbocycles. The molecule has 0 bridgehead atoms. The minimum absolute atomic E-state index is 0.0803. The Morgan fingerprint density at radius 2 is 1.09 bits per heavy atom. The van der Waals surface area contributed by atoms with Gasteiger partial charge in [0.2, 0.25) is 0 Å². The number of hydrogen-bond acceptors (Lipinski definition) is 2. The van der Waals surface area contributed by atoms with Crippen molar-refractivity contribution in [1.29, 1.82) is 0 Å². The summed E-state index contributed by atoms with van der Waals surface area (Å²) >= 11 is 0. The molecule has 0 saturated carbocycles. The van der Waals surface area contributed by atoms with E-state index in [1.54, 1.807) is 0 Å². The lowest BCUT2D eigenvalue weighted by Gasteiger charge is -2.32. The Balaban J connectivity index is 2.15. The van der Waals surface area contributed by atoms with Crippen LogP contribution in [-0.4, -0.2) is 6.21 Å². The Morgan fingerprint density at radius 3 is 1.48 bits per heavy atom. The van der Waals surface area contributed by atoms with Crippen LogP contribution >= 0.6 is 0 Å². The summed E-state index contributed by atoms with van der Waals surface area (Å²) in [4.78, 5) is 4.82. The summed E-state index contributed by atoms with van der Waals surface area (Å²) in [6.07, 6.45) is 8.44. The van der Waals surface area contributed by atoms with Gasteiger partial charge in [0.15, 0.2) is 0 Å². The van der Waals surface area contributed by atoms with Crippen molar-refractivity contribution in [1.82, 2.24) is 0 Å². The first-order valence-electron chi connectivity index (χ1n) is 12.0. The lowest BCUT2D eigenvalue weighted by molar-refractivity contribution is 0.161. The number of hydrogen-bond donors (Lipinski definition) is 0. The Labute approximate surface area is 201 Å². The van der Waals surface area contributed by atoms with Gasteiger partial charge < -0.3 is 4.74 Å². The average Bonchev–Trinajstić information content (AvgIpc) is 3.15. The van der Waals surface area contributed by atoms with Crippen molar-refractivity contribution in [2.75, 3.05) is 0 Å². The lowest BCUT2D eigenvalue weighted by Crippen LogP contribution is -2.21. The highest BCUT2D eigenvalue weighted by atomic mass is 16.5. The zero-order chi connectivity index (χ0) is 25.0. The van der Waals surface area contributed by atoms with Gasteiger partial charge in [0, 0.05) is 45.9 Å². The Bertz CT molecular complexity index is 1030. The molecule has 0 N–H and O–H groups in total. The predicted octanol–water partition coefficient (Wildman–Crippen LogP) is 8.77. The normalized spacial score (nSPS) is 17.6. The zero-order valence-electron chi connectivity index (χ0n) is 22.7. The van der Waals surface area contributed by atoms with E-state index in [-0.39, 0.29) is 21.7 Å². The van der Waals surface area contributed by atoms with Gasteiger partial charge in [-0.3, -0.25) is 4.99 Å². The fraction of sp³-hybridized carbons (Fsp3) is 0.533. The number of rotatable bonds is 1. The van der Waals surface area contributed by atoms with Gasteiger partial charge in [0.1, 0.15) is 11.5 Å². The van der Waals surface area contributed by atoms with E-state index in [1.807, 2.05) is 6.21 Å². The molecule has 2 aliphatic rings. The van der Waals surface area contributed by atoms with Crippen LogP contribution in [0, 0.1) is 10.8 Å². The molecule has 3 heteroatoms. The quantitative estimate of drug-likeness (QED) is 0.402. The Kier molecular flexibility index (Phi) is 6.20. The second kappa shape index (κ2) is 8.11. The maximum absolute atomic E-state index is 6.33. The fourth-order valence-corrected chi connectivity index (χ4v) is 3.47. The molecule has 0 radical (unpaired) electrons. The second-order valence-corrected chi connectivity index (χ2v) is 13.4. The van der Waals surface area contributed by atoms with Crippen molar-refractivity contribution in [3.05, 3.63) is 70.2 Å². The van der Waals surface area contributed by atoms with E-state index in [2.05, 4.69) is 113 Å². The predicted molar refractivity (Wildman–Crippen MR) is 140 cm³/mol. The Morgan fingerprint density at radius 1 is 0.636 bits per heavy atom. The molecule has 3 heterocycles. The molecule has 0 fully saturated rings. The van der Waals surface area contributed by atoms with Gasteiger partial charge in [0.25, 0.3) is 0 Å². The van der Waals surface area contributed by atoms with Crippen LogP contribution in [-0.2, 0) is 15.6 Å². The monoisotopic (exact) mass is 448 g/mol. The van der Waals surface area contributed by atoms with Gasteiger partial charge >= 0.3 is 11.5 Å². The standard InChI is InChI=1S/C30H42NO2/c1-27(2,3)23-14-19(15-24(32-23)28(4,5)6)21-13-22(31-18-21)20-16-25(29(7,8)9)33-26(17-20)30(10,11)12/h13-18H,1-12H3/q+1. The van der Waals surface area contributed by atoms with E-state index in [0.29, 0.717) is 0 Å². The SMILES string of the molecule is CC(C)(C)C1=CC(=C2C=C(c3cc(C(C)(C)C)[o+]c(C(C)(C)C)c3)C=N2)C=C(C(C)(C)C)O1. The third-order valence-corrected chi connectivity index (χ3v) is 5.81. The number of ether oxygens (including phenoxy) is 1. The fourth-order valence-electron chi connectivity index (χ4n) is 3.47. The molecule has 3 rings (SSSR count). The molecule has 0 saturated heterocycles. The van der Waals surface area contributed by atoms with E-state index in [4.69, 9.17) is 14.1 Å². The molecule has 0 aromatic carbocycles. The van der Waals surface area contributed by atoms with E-state index >= 15 is 0 Å². The molecule has 0 amide bonds. The van der Waals surface area contributed by atoms with Crippen LogP contribution in [0.3, 0.4) is 0 Å². The van der Waals surface area contributed by atoms with E-state index in [0.717, 1.165) is 45.4 Å². The van der Waals surface area contributed by atoms with Crippen molar-refractivity contribution >= 4 is 11.8 Å². The molecule has 33 heavy (non-hydrogen) atoms. The third kappa shape index (κ3) is 5.75. The summed E-state index contributed by atoms with van der Waals surface area (Å²) in [5.41, 5.74) is 3.97. The molecule has 0 atom stereocenters. The number of nitrogens with zero attached hydrogens (tertiary/aromatic N) is 1. The maximum Gasteiger partial charge on any atom is 0.335 e. The Hall–Kier alpha value is -2.42. The zero-order valence-corrected chi connectivity index (χ0v) is 22.7. The molecule has 1 aromatic heterocycles. The van der Waals surface area contributed by atoms with Crippen molar-refractivity contribution in [3.8, 4) is 0 Å². The minimum atomic E-state index is -0.0877. The summed E-state index contributed by atoms with van der Waals surface area (Å²) in [5.74, 6) is 3.91.